The number of rotatable bonds is 2. The quantitative estimate of drug-likeness (QED) is 0.859. The van der Waals surface area contributed by atoms with Gasteiger partial charge in [-0.05, 0) is 25.1 Å². The molecule has 0 radical (unpaired) electrons. The Bertz CT molecular complexity index is 489. The van der Waals surface area contributed by atoms with Gasteiger partial charge in [-0.25, -0.2) is 0 Å². The number of benzene rings is 1. The number of halogens is 1. The monoisotopic (exact) mass is 249 g/mol. The van der Waals surface area contributed by atoms with Crippen molar-refractivity contribution in [3.63, 3.8) is 0 Å². The molecule has 90 valence electrons. The molecular weight excluding hydrogens is 234 g/mol. The molecule has 1 aliphatic heterocycles. The lowest BCUT2D eigenvalue weighted by Crippen LogP contribution is -2.22. The third-order valence-corrected chi connectivity index (χ3v) is 3.07. The number of fused-ring (bicyclic) bond motifs is 1. The van der Waals surface area contributed by atoms with Crippen LogP contribution in [-0.2, 0) is 0 Å². The summed E-state index contributed by atoms with van der Waals surface area (Å²) in [6, 6.07) is 10.9. The fourth-order valence-electron chi connectivity index (χ4n) is 2.22. The van der Waals surface area contributed by atoms with Crippen molar-refractivity contribution in [1.82, 2.24) is 10.3 Å². The maximum Gasteiger partial charge on any atom is 0.0722 e. The predicted octanol–water partition coefficient (Wildman–Crippen LogP) is 2.43. The molecule has 2 aromatic rings. The van der Waals surface area contributed by atoms with Gasteiger partial charge in [0.05, 0.1) is 5.52 Å². The minimum atomic E-state index is 0. The van der Waals surface area contributed by atoms with Crippen molar-refractivity contribution in [2.45, 2.75) is 12.5 Å². The van der Waals surface area contributed by atoms with Gasteiger partial charge >= 0.3 is 0 Å². The van der Waals surface area contributed by atoms with Gasteiger partial charge in [-0.1, -0.05) is 18.2 Å². The fraction of sp³-hybridized carbons (Fsp3) is 0.308. The van der Waals surface area contributed by atoms with Gasteiger partial charge in [0.2, 0.25) is 0 Å². The molecule has 1 atom stereocenters. The number of anilines is 1. The molecule has 2 N–H and O–H groups in total. The molecule has 3 rings (SSSR count). The molecule has 1 aromatic heterocycles. The number of nitrogens with one attached hydrogen (secondary N) is 2. The van der Waals surface area contributed by atoms with Crippen LogP contribution in [0.15, 0.2) is 36.5 Å². The Labute approximate surface area is 107 Å². The second-order valence-corrected chi connectivity index (χ2v) is 4.21. The molecule has 1 aromatic carbocycles. The molecule has 0 spiro atoms. The number of pyridine rings is 1. The van der Waals surface area contributed by atoms with Crippen molar-refractivity contribution in [3.05, 3.63) is 36.5 Å². The predicted molar refractivity (Wildman–Crippen MR) is 73.9 cm³/mol. The molecule has 3 nitrogen and oxygen atoms in total. The summed E-state index contributed by atoms with van der Waals surface area (Å²) in [5.41, 5.74) is 2.25. The van der Waals surface area contributed by atoms with Crippen molar-refractivity contribution in [2.24, 2.45) is 0 Å². The fourth-order valence-corrected chi connectivity index (χ4v) is 2.22. The Morgan fingerprint density at radius 2 is 2.12 bits per heavy atom. The van der Waals surface area contributed by atoms with Gasteiger partial charge in [0.25, 0.3) is 0 Å². The largest absolute Gasteiger partial charge is 0.380 e. The molecule has 0 saturated carbocycles. The van der Waals surface area contributed by atoms with Crippen molar-refractivity contribution in [3.8, 4) is 0 Å². The molecule has 0 aliphatic carbocycles. The van der Waals surface area contributed by atoms with E-state index in [-0.39, 0.29) is 12.4 Å². The Balaban J connectivity index is 0.00000108. The van der Waals surface area contributed by atoms with Gasteiger partial charge in [0.15, 0.2) is 0 Å². The summed E-state index contributed by atoms with van der Waals surface area (Å²) in [6.45, 7) is 2.16. The van der Waals surface area contributed by atoms with Crippen LogP contribution in [0.25, 0.3) is 10.9 Å². The molecule has 4 heteroatoms. The van der Waals surface area contributed by atoms with Gasteiger partial charge in [-0.15, -0.1) is 12.4 Å². The molecule has 0 unspecified atom stereocenters. The van der Waals surface area contributed by atoms with E-state index in [4.69, 9.17) is 0 Å². The average molecular weight is 250 g/mol. The smallest absolute Gasteiger partial charge is 0.0722 e. The number of nitrogens with zero attached hydrogens (tertiary/aromatic N) is 1. The summed E-state index contributed by atoms with van der Waals surface area (Å²) < 4.78 is 0. The summed E-state index contributed by atoms with van der Waals surface area (Å²) in [4.78, 5) is 4.36. The minimum absolute atomic E-state index is 0. The minimum Gasteiger partial charge on any atom is -0.380 e. The second kappa shape index (κ2) is 5.34. The third kappa shape index (κ3) is 2.51. The van der Waals surface area contributed by atoms with E-state index in [9.17, 15) is 0 Å². The Kier molecular flexibility index (Phi) is 3.82. The van der Waals surface area contributed by atoms with Crippen LogP contribution >= 0.6 is 12.4 Å². The first-order chi connectivity index (χ1) is 7.93. The molecular formula is C13H16ClN3. The third-order valence-electron chi connectivity index (χ3n) is 3.07. The molecule has 1 fully saturated rings. The van der Waals surface area contributed by atoms with Gasteiger partial charge in [-0.3, -0.25) is 4.98 Å². The van der Waals surface area contributed by atoms with E-state index in [2.05, 4.69) is 33.8 Å². The van der Waals surface area contributed by atoms with E-state index < -0.39 is 0 Å². The number of hydrogen-bond acceptors (Lipinski definition) is 3. The Morgan fingerprint density at radius 3 is 2.94 bits per heavy atom. The zero-order chi connectivity index (χ0) is 10.8. The second-order valence-electron chi connectivity index (χ2n) is 4.21. The normalized spacial score (nSPS) is 18.9. The van der Waals surface area contributed by atoms with Crippen LogP contribution < -0.4 is 10.6 Å². The zero-order valence-corrected chi connectivity index (χ0v) is 10.3. The first-order valence-electron chi connectivity index (χ1n) is 5.74. The van der Waals surface area contributed by atoms with E-state index in [1.165, 1.54) is 17.5 Å². The lowest BCUT2D eigenvalue weighted by molar-refractivity contribution is 0.794. The highest BCUT2D eigenvalue weighted by Gasteiger charge is 2.14. The lowest BCUT2D eigenvalue weighted by atomic mass is 10.1. The van der Waals surface area contributed by atoms with Crippen LogP contribution in [0.3, 0.4) is 0 Å². The van der Waals surface area contributed by atoms with Crippen LogP contribution in [0.4, 0.5) is 5.69 Å². The maximum atomic E-state index is 4.36. The summed E-state index contributed by atoms with van der Waals surface area (Å²) >= 11 is 0. The zero-order valence-electron chi connectivity index (χ0n) is 9.52. The summed E-state index contributed by atoms with van der Waals surface area (Å²) in [6.07, 6.45) is 3.06. The molecule has 0 amide bonds. The molecule has 1 saturated heterocycles. The number of hydrogen-bond donors (Lipinski definition) is 2. The number of para-hydroxylation sites is 1. The van der Waals surface area contributed by atoms with Gasteiger partial charge < -0.3 is 10.6 Å². The van der Waals surface area contributed by atoms with Crippen molar-refractivity contribution < 1.29 is 0 Å². The van der Waals surface area contributed by atoms with Gasteiger partial charge in [-0.2, -0.15) is 0 Å². The first-order valence-corrected chi connectivity index (χ1v) is 5.74. The van der Waals surface area contributed by atoms with E-state index in [1.54, 1.807) is 0 Å². The van der Waals surface area contributed by atoms with Crippen molar-refractivity contribution in [1.29, 1.82) is 0 Å². The first kappa shape index (κ1) is 12.1. The summed E-state index contributed by atoms with van der Waals surface area (Å²) in [5.74, 6) is 0. The van der Waals surface area contributed by atoms with E-state index in [0.717, 1.165) is 18.6 Å². The maximum absolute atomic E-state index is 4.36. The van der Waals surface area contributed by atoms with Gasteiger partial charge in [0.1, 0.15) is 0 Å². The topological polar surface area (TPSA) is 37.0 Å². The van der Waals surface area contributed by atoms with Crippen molar-refractivity contribution >= 4 is 29.0 Å². The Morgan fingerprint density at radius 1 is 1.24 bits per heavy atom. The van der Waals surface area contributed by atoms with E-state index in [0.29, 0.717) is 6.04 Å². The van der Waals surface area contributed by atoms with Crippen LogP contribution in [0, 0.1) is 0 Å². The van der Waals surface area contributed by atoms with Crippen LogP contribution in [-0.4, -0.2) is 24.1 Å². The SMILES string of the molecule is Cl.c1ccc2c(N[C@@H]3CCNC3)ccnc2c1. The lowest BCUT2D eigenvalue weighted by Gasteiger charge is -2.14. The standard InChI is InChI=1S/C13H15N3.ClH/c1-2-4-12-11(3-1)13(6-8-15-12)16-10-5-7-14-9-10;/h1-4,6,8,10,14H,5,7,9H2,(H,15,16);1H/t10-;/m1./s1. The molecule has 17 heavy (non-hydrogen) atoms. The van der Waals surface area contributed by atoms with Crippen LogP contribution in [0.2, 0.25) is 0 Å². The van der Waals surface area contributed by atoms with E-state index in [1.807, 2.05) is 18.3 Å². The summed E-state index contributed by atoms with van der Waals surface area (Å²) in [5, 5.41) is 8.15. The molecule has 1 aliphatic rings. The highest BCUT2D eigenvalue weighted by atomic mass is 35.5. The Hall–Kier alpha value is -1.32. The summed E-state index contributed by atoms with van der Waals surface area (Å²) in [7, 11) is 0. The van der Waals surface area contributed by atoms with E-state index >= 15 is 0 Å². The molecule has 2 heterocycles. The highest BCUT2D eigenvalue weighted by molar-refractivity contribution is 5.90. The van der Waals surface area contributed by atoms with Crippen molar-refractivity contribution in [2.75, 3.05) is 18.4 Å². The number of aromatic nitrogens is 1. The van der Waals surface area contributed by atoms with Crippen LogP contribution in [0.1, 0.15) is 6.42 Å². The molecule has 0 bridgehead atoms. The van der Waals surface area contributed by atoms with Gasteiger partial charge in [0, 0.05) is 29.9 Å². The van der Waals surface area contributed by atoms with Crippen LogP contribution in [0.5, 0.6) is 0 Å². The highest BCUT2D eigenvalue weighted by Crippen LogP contribution is 2.22. The average Bonchev–Trinajstić information content (AvgIpc) is 2.82.